The lowest BCUT2D eigenvalue weighted by Crippen LogP contribution is -2.34. The molecule has 2 fully saturated rings. The van der Waals surface area contributed by atoms with Gasteiger partial charge in [-0.2, -0.15) is 0 Å². The first-order valence-corrected chi connectivity index (χ1v) is 19.3. The van der Waals surface area contributed by atoms with E-state index in [4.69, 9.17) is 4.74 Å². The highest BCUT2D eigenvalue weighted by Crippen LogP contribution is 2.34. The molecule has 7 nitrogen and oxygen atoms in total. The van der Waals surface area contributed by atoms with Crippen molar-refractivity contribution in [1.29, 1.82) is 0 Å². The number of carbonyl (C=O) groups is 2. The minimum absolute atomic E-state index is 0.0323. The molecule has 0 bridgehead atoms. The summed E-state index contributed by atoms with van der Waals surface area (Å²) in [6, 6.07) is 22.5. The Bertz CT molecular complexity index is 1540. The highest BCUT2D eigenvalue weighted by Gasteiger charge is 2.26. The quantitative estimate of drug-likeness (QED) is 0.168. The molecule has 5 rings (SSSR count). The van der Waals surface area contributed by atoms with Crippen LogP contribution in [-0.2, 0) is 11.2 Å². The van der Waals surface area contributed by atoms with Gasteiger partial charge in [0, 0.05) is 37.6 Å². The van der Waals surface area contributed by atoms with Gasteiger partial charge in [0.15, 0.2) is 0 Å². The van der Waals surface area contributed by atoms with Crippen molar-refractivity contribution in [3.63, 3.8) is 0 Å². The van der Waals surface area contributed by atoms with E-state index in [2.05, 4.69) is 96.7 Å². The third-order valence-electron chi connectivity index (χ3n) is 10.0. The lowest BCUT2D eigenvalue weighted by Gasteiger charge is -2.33. The Morgan fingerprint density at radius 2 is 1.18 bits per heavy atom. The second kappa shape index (κ2) is 18.3. The minimum atomic E-state index is -0.158. The lowest BCUT2D eigenvalue weighted by molar-refractivity contribution is -0.121. The van der Waals surface area contributed by atoms with E-state index >= 15 is 0 Å². The molecule has 0 aliphatic carbocycles. The van der Waals surface area contributed by atoms with Crippen LogP contribution in [0.5, 0.6) is 5.75 Å². The monoisotopic (exact) mass is 680 g/mol. The zero-order valence-corrected chi connectivity index (χ0v) is 31.2. The van der Waals surface area contributed by atoms with Crippen LogP contribution < -0.4 is 25.2 Å². The molecular formula is C43H60N4O3. The first kappa shape index (κ1) is 37.3. The molecule has 2 amide bonds. The summed E-state index contributed by atoms with van der Waals surface area (Å²) in [6.07, 6.45) is 9.25. The molecule has 2 N–H and O–H groups in total. The van der Waals surface area contributed by atoms with Gasteiger partial charge in [0.25, 0.3) is 5.91 Å². The van der Waals surface area contributed by atoms with Crippen LogP contribution in [0.15, 0.2) is 66.7 Å². The van der Waals surface area contributed by atoms with E-state index in [1.807, 2.05) is 25.1 Å². The fourth-order valence-corrected chi connectivity index (χ4v) is 7.69. The van der Waals surface area contributed by atoms with Crippen LogP contribution >= 0.6 is 0 Å². The molecule has 2 heterocycles. The van der Waals surface area contributed by atoms with Gasteiger partial charge in [-0.1, -0.05) is 70.2 Å². The molecule has 2 saturated heterocycles. The molecule has 3 aromatic rings. The topological polar surface area (TPSA) is 73.9 Å². The van der Waals surface area contributed by atoms with Gasteiger partial charge in [-0.05, 0) is 111 Å². The number of piperidine rings is 2. The number of hydrogen-bond acceptors (Lipinski definition) is 5. The summed E-state index contributed by atoms with van der Waals surface area (Å²) in [5, 5.41) is 6.77. The van der Waals surface area contributed by atoms with Crippen LogP contribution in [0.2, 0.25) is 0 Å². The molecule has 50 heavy (non-hydrogen) atoms. The van der Waals surface area contributed by atoms with Crippen LogP contribution in [0.1, 0.15) is 125 Å². The van der Waals surface area contributed by atoms with Crippen LogP contribution in [0.25, 0.3) is 0 Å². The van der Waals surface area contributed by atoms with Gasteiger partial charge in [-0.25, -0.2) is 0 Å². The molecule has 0 spiro atoms. The summed E-state index contributed by atoms with van der Waals surface area (Å²) >= 11 is 0. The molecule has 7 heteroatoms. The normalized spacial score (nSPS) is 16.3. The standard InChI is InChI=1S/C43H60N4O3/c1-6-50-41-29-33(30-42(48)44-37(27-31(2)3)34-17-9-11-19-39(34)46-23-13-7-14-24-46)21-22-36(41)43(49)45-38(28-32(4)5)35-18-10-12-20-40(35)47-25-15-8-16-26-47/h9-12,17-22,29,31-32,37-38H,6-8,13-16,23-28,30H2,1-5H3,(H,44,48)(H,45,49). The first-order chi connectivity index (χ1) is 24.2. The number of para-hydroxylation sites is 2. The summed E-state index contributed by atoms with van der Waals surface area (Å²) in [5.74, 6) is 1.14. The van der Waals surface area contributed by atoms with Gasteiger partial charge in [0.05, 0.1) is 30.7 Å². The van der Waals surface area contributed by atoms with Crippen molar-refractivity contribution in [3.8, 4) is 5.75 Å². The Kier molecular flexibility index (Phi) is 13.6. The molecule has 0 aromatic heterocycles. The third kappa shape index (κ3) is 10.0. The number of nitrogens with zero attached hydrogens (tertiary/aromatic N) is 2. The molecule has 0 saturated carbocycles. The predicted octanol–water partition coefficient (Wildman–Crippen LogP) is 9.03. The summed E-state index contributed by atoms with van der Waals surface area (Å²) in [5.41, 5.74) is 6.13. The lowest BCUT2D eigenvalue weighted by atomic mass is 9.94. The molecule has 3 aromatic carbocycles. The number of hydrogen-bond donors (Lipinski definition) is 2. The number of benzene rings is 3. The maximum Gasteiger partial charge on any atom is 0.255 e. The van der Waals surface area contributed by atoms with Gasteiger partial charge in [0.1, 0.15) is 5.75 Å². The zero-order valence-electron chi connectivity index (χ0n) is 31.2. The van der Waals surface area contributed by atoms with E-state index in [-0.39, 0.29) is 30.3 Å². The molecule has 2 atom stereocenters. The maximum atomic E-state index is 14.0. The zero-order chi connectivity index (χ0) is 35.5. The second-order valence-corrected chi connectivity index (χ2v) is 15.1. The number of nitrogens with one attached hydrogen (secondary N) is 2. The van der Waals surface area contributed by atoms with Gasteiger partial charge in [-0.3, -0.25) is 9.59 Å². The van der Waals surface area contributed by atoms with Gasteiger partial charge >= 0.3 is 0 Å². The fraction of sp³-hybridized carbons (Fsp3) is 0.535. The van der Waals surface area contributed by atoms with Gasteiger partial charge in [0.2, 0.25) is 5.91 Å². The van der Waals surface area contributed by atoms with E-state index in [0.29, 0.717) is 29.8 Å². The number of carbonyl (C=O) groups excluding carboxylic acids is 2. The van der Waals surface area contributed by atoms with Crippen LogP contribution in [-0.4, -0.2) is 44.6 Å². The summed E-state index contributed by atoms with van der Waals surface area (Å²) in [6.45, 7) is 15.4. The van der Waals surface area contributed by atoms with Gasteiger partial charge in [-0.15, -0.1) is 0 Å². The summed E-state index contributed by atoms with van der Waals surface area (Å²) in [4.78, 5) is 32.6. The van der Waals surface area contributed by atoms with Crippen LogP contribution in [0.3, 0.4) is 0 Å². The van der Waals surface area contributed by atoms with Crippen molar-refractivity contribution < 1.29 is 14.3 Å². The van der Waals surface area contributed by atoms with Crippen molar-refractivity contribution >= 4 is 23.2 Å². The Morgan fingerprint density at radius 3 is 1.68 bits per heavy atom. The third-order valence-corrected chi connectivity index (χ3v) is 10.0. The fourth-order valence-electron chi connectivity index (χ4n) is 7.69. The van der Waals surface area contributed by atoms with Crippen molar-refractivity contribution in [2.75, 3.05) is 42.6 Å². The highest BCUT2D eigenvalue weighted by atomic mass is 16.5. The first-order valence-electron chi connectivity index (χ1n) is 19.3. The molecule has 0 radical (unpaired) electrons. The number of anilines is 2. The average Bonchev–Trinajstić information content (AvgIpc) is 3.11. The predicted molar refractivity (Wildman–Crippen MR) is 206 cm³/mol. The van der Waals surface area contributed by atoms with Gasteiger partial charge < -0.3 is 25.2 Å². The number of ether oxygens (including phenoxy) is 1. The van der Waals surface area contributed by atoms with E-state index in [9.17, 15) is 9.59 Å². The minimum Gasteiger partial charge on any atom is -0.493 e. The van der Waals surface area contributed by atoms with E-state index < -0.39 is 0 Å². The van der Waals surface area contributed by atoms with Crippen molar-refractivity contribution in [2.45, 2.75) is 104 Å². The van der Waals surface area contributed by atoms with Crippen LogP contribution in [0.4, 0.5) is 11.4 Å². The van der Waals surface area contributed by atoms with Crippen molar-refractivity contribution in [1.82, 2.24) is 10.6 Å². The highest BCUT2D eigenvalue weighted by molar-refractivity contribution is 5.97. The van der Waals surface area contributed by atoms with E-state index in [1.165, 1.54) is 61.0 Å². The summed E-state index contributed by atoms with van der Waals surface area (Å²) < 4.78 is 6.05. The van der Waals surface area contributed by atoms with E-state index in [1.54, 1.807) is 0 Å². The molecule has 2 unspecified atom stereocenters. The maximum absolute atomic E-state index is 14.0. The smallest absolute Gasteiger partial charge is 0.255 e. The largest absolute Gasteiger partial charge is 0.493 e. The van der Waals surface area contributed by atoms with Crippen molar-refractivity contribution in [2.24, 2.45) is 11.8 Å². The van der Waals surface area contributed by atoms with E-state index in [0.717, 1.165) is 44.6 Å². The summed E-state index contributed by atoms with van der Waals surface area (Å²) in [7, 11) is 0. The Labute approximate surface area is 301 Å². The Balaban J connectivity index is 1.33. The average molecular weight is 681 g/mol. The van der Waals surface area contributed by atoms with Crippen LogP contribution in [0, 0.1) is 11.8 Å². The molecule has 2 aliphatic heterocycles. The molecular weight excluding hydrogens is 620 g/mol. The molecule has 2 aliphatic rings. The Hall–Kier alpha value is -4.00. The second-order valence-electron chi connectivity index (χ2n) is 15.1. The SMILES string of the molecule is CCOc1cc(CC(=O)NC(CC(C)C)c2ccccc2N2CCCCC2)ccc1C(=O)NC(CC(C)C)c1ccccc1N1CCCCC1. The molecule has 270 valence electrons. The Morgan fingerprint density at radius 1 is 0.680 bits per heavy atom. The number of rotatable bonds is 15. The number of amides is 2. The van der Waals surface area contributed by atoms with Crippen molar-refractivity contribution in [3.05, 3.63) is 89.0 Å².